The van der Waals surface area contributed by atoms with Crippen molar-refractivity contribution in [2.24, 2.45) is 0 Å². The van der Waals surface area contributed by atoms with E-state index in [0.717, 1.165) is 12.3 Å². The van der Waals surface area contributed by atoms with Gasteiger partial charge in [0.1, 0.15) is 0 Å². The summed E-state index contributed by atoms with van der Waals surface area (Å²) < 4.78 is 10.1. The van der Waals surface area contributed by atoms with Crippen LogP contribution in [0.2, 0.25) is 0 Å². The van der Waals surface area contributed by atoms with E-state index in [-0.39, 0.29) is 0 Å². The van der Waals surface area contributed by atoms with Gasteiger partial charge in [-0.3, -0.25) is 0 Å². The van der Waals surface area contributed by atoms with Gasteiger partial charge in [-0.1, -0.05) is 0 Å². The van der Waals surface area contributed by atoms with Crippen LogP contribution in [0.15, 0.2) is 6.07 Å². The standard InChI is InChI=1S/C9H15N3O2S/c1-13-7-6-8(14-2)12-9(11-7)10-4-5-15-3/h6H,4-5H2,1-3H3,(H,10,11,12). The van der Waals surface area contributed by atoms with E-state index in [0.29, 0.717) is 17.7 Å². The number of nitrogens with one attached hydrogen (secondary N) is 1. The van der Waals surface area contributed by atoms with Crippen molar-refractivity contribution in [3.63, 3.8) is 0 Å². The number of ether oxygens (including phenoxy) is 2. The van der Waals surface area contributed by atoms with Crippen LogP contribution in [0.3, 0.4) is 0 Å². The summed E-state index contributed by atoms with van der Waals surface area (Å²) in [6, 6.07) is 1.64. The Morgan fingerprint density at radius 2 is 1.87 bits per heavy atom. The van der Waals surface area contributed by atoms with Gasteiger partial charge in [-0.25, -0.2) is 0 Å². The normalized spacial score (nSPS) is 9.80. The van der Waals surface area contributed by atoms with E-state index in [4.69, 9.17) is 9.47 Å². The molecule has 1 heterocycles. The van der Waals surface area contributed by atoms with Gasteiger partial charge in [-0.15, -0.1) is 0 Å². The molecule has 15 heavy (non-hydrogen) atoms. The Morgan fingerprint density at radius 1 is 1.27 bits per heavy atom. The van der Waals surface area contributed by atoms with Crippen molar-refractivity contribution in [3.8, 4) is 11.8 Å². The van der Waals surface area contributed by atoms with Crippen molar-refractivity contribution in [1.82, 2.24) is 9.97 Å². The molecule has 1 N–H and O–H groups in total. The topological polar surface area (TPSA) is 56.3 Å². The molecule has 84 valence electrons. The summed E-state index contributed by atoms with van der Waals surface area (Å²) in [5, 5.41) is 3.09. The Bertz CT molecular complexity index is 287. The van der Waals surface area contributed by atoms with Gasteiger partial charge in [0.25, 0.3) is 0 Å². The molecule has 0 bridgehead atoms. The van der Waals surface area contributed by atoms with Crippen LogP contribution in [-0.2, 0) is 0 Å². The minimum absolute atomic E-state index is 0.494. The molecule has 6 heteroatoms. The highest BCUT2D eigenvalue weighted by Gasteiger charge is 2.03. The highest BCUT2D eigenvalue weighted by molar-refractivity contribution is 7.98. The van der Waals surface area contributed by atoms with Crippen molar-refractivity contribution >= 4 is 17.7 Å². The Balaban J connectivity index is 2.68. The third-order valence-electron chi connectivity index (χ3n) is 1.69. The molecule has 1 aromatic heterocycles. The van der Waals surface area contributed by atoms with E-state index < -0.39 is 0 Å². The van der Waals surface area contributed by atoms with Gasteiger partial charge >= 0.3 is 0 Å². The molecule has 1 rings (SSSR count). The second-order valence-corrected chi connectivity index (χ2v) is 3.68. The summed E-state index contributed by atoms with van der Waals surface area (Å²) in [4.78, 5) is 8.28. The minimum atomic E-state index is 0.494. The second-order valence-electron chi connectivity index (χ2n) is 2.70. The molecule has 0 radical (unpaired) electrons. The van der Waals surface area contributed by atoms with Crippen molar-refractivity contribution in [2.45, 2.75) is 0 Å². The van der Waals surface area contributed by atoms with Crippen molar-refractivity contribution in [2.75, 3.05) is 38.1 Å². The van der Waals surface area contributed by atoms with Crippen LogP contribution >= 0.6 is 11.8 Å². The largest absolute Gasteiger partial charge is 0.481 e. The molecule has 0 spiro atoms. The molecular weight excluding hydrogens is 214 g/mol. The van der Waals surface area contributed by atoms with Crippen LogP contribution in [0.4, 0.5) is 5.95 Å². The lowest BCUT2D eigenvalue weighted by molar-refractivity contribution is 0.373. The molecule has 0 amide bonds. The number of hydrogen-bond acceptors (Lipinski definition) is 6. The van der Waals surface area contributed by atoms with E-state index in [9.17, 15) is 0 Å². The molecule has 0 atom stereocenters. The van der Waals surface area contributed by atoms with Crippen LogP contribution < -0.4 is 14.8 Å². The lowest BCUT2D eigenvalue weighted by Gasteiger charge is -2.07. The molecule has 0 aliphatic rings. The molecule has 0 fully saturated rings. The van der Waals surface area contributed by atoms with Crippen LogP contribution in [0.1, 0.15) is 0 Å². The summed E-state index contributed by atoms with van der Waals surface area (Å²) in [5.74, 6) is 2.52. The number of rotatable bonds is 6. The summed E-state index contributed by atoms with van der Waals surface area (Å²) in [6.45, 7) is 0.817. The van der Waals surface area contributed by atoms with Crippen molar-refractivity contribution in [1.29, 1.82) is 0 Å². The third kappa shape index (κ3) is 3.83. The van der Waals surface area contributed by atoms with E-state index in [1.54, 1.807) is 32.0 Å². The van der Waals surface area contributed by atoms with Gasteiger partial charge in [-0.05, 0) is 6.26 Å². The zero-order valence-corrected chi connectivity index (χ0v) is 9.93. The molecular formula is C9H15N3O2S. The lowest BCUT2D eigenvalue weighted by atomic mass is 10.6. The first-order valence-corrected chi connectivity index (χ1v) is 5.89. The number of methoxy groups -OCH3 is 2. The van der Waals surface area contributed by atoms with Gasteiger partial charge in [0.05, 0.1) is 20.3 Å². The zero-order chi connectivity index (χ0) is 11.1. The highest BCUT2D eigenvalue weighted by atomic mass is 32.2. The molecule has 5 nitrogen and oxygen atoms in total. The fourth-order valence-corrected chi connectivity index (χ4v) is 1.26. The van der Waals surface area contributed by atoms with Gasteiger partial charge in [0.15, 0.2) is 0 Å². The van der Waals surface area contributed by atoms with Crippen molar-refractivity contribution in [3.05, 3.63) is 6.07 Å². The van der Waals surface area contributed by atoms with Crippen LogP contribution in [0.25, 0.3) is 0 Å². The van der Waals surface area contributed by atoms with Gasteiger partial charge in [-0.2, -0.15) is 21.7 Å². The van der Waals surface area contributed by atoms with E-state index in [1.165, 1.54) is 0 Å². The third-order valence-corrected chi connectivity index (χ3v) is 2.30. The maximum Gasteiger partial charge on any atom is 0.229 e. The van der Waals surface area contributed by atoms with Crippen molar-refractivity contribution < 1.29 is 9.47 Å². The molecule has 0 aliphatic heterocycles. The Hall–Kier alpha value is -1.17. The molecule has 0 unspecified atom stereocenters. The fourth-order valence-electron chi connectivity index (χ4n) is 0.957. The number of aromatic nitrogens is 2. The first-order chi connectivity index (χ1) is 7.30. The van der Waals surface area contributed by atoms with E-state index in [2.05, 4.69) is 21.5 Å². The Labute approximate surface area is 93.6 Å². The Kier molecular flexibility index (Phi) is 5.03. The van der Waals surface area contributed by atoms with Gasteiger partial charge in [0, 0.05) is 12.3 Å². The first-order valence-electron chi connectivity index (χ1n) is 4.50. The maximum atomic E-state index is 5.03. The summed E-state index contributed by atoms with van der Waals surface area (Å²) in [6.07, 6.45) is 2.05. The number of thioether (sulfide) groups is 1. The molecule has 0 saturated carbocycles. The predicted octanol–water partition coefficient (Wildman–Crippen LogP) is 1.27. The number of anilines is 1. The smallest absolute Gasteiger partial charge is 0.229 e. The first kappa shape index (κ1) is 11.9. The summed E-state index contributed by atoms with van der Waals surface area (Å²) in [5.41, 5.74) is 0. The number of nitrogens with zero attached hydrogens (tertiary/aromatic N) is 2. The van der Waals surface area contributed by atoms with Crippen LogP contribution in [0.5, 0.6) is 11.8 Å². The van der Waals surface area contributed by atoms with E-state index >= 15 is 0 Å². The van der Waals surface area contributed by atoms with E-state index in [1.807, 2.05) is 0 Å². The van der Waals surface area contributed by atoms with Crippen LogP contribution in [0, 0.1) is 0 Å². The fraction of sp³-hybridized carbons (Fsp3) is 0.556. The Morgan fingerprint density at radius 3 is 2.33 bits per heavy atom. The quantitative estimate of drug-likeness (QED) is 0.741. The predicted molar refractivity (Wildman–Crippen MR) is 62.0 cm³/mol. The molecule has 0 aliphatic carbocycles. The summed E-state index contributed by atoms with van der Waals surface area (Å²) in [7, 11) is 3.13. The SMILES string of the molecule is COc1cc(OC)nc(NCCSC)n1. The lowest BCUT2D eigenvalue weighted by Crippen LogP contribution is -2.08. The molecule has 1 aromatic rings. The monoisotopic (exact) mass is 229 g/mol. The second kappa shape index (κ2) is 6.34. The van der Waals surface area contributed by atoms with Gasteiger partial charge < -0.3 is 14.8 Å². The zero-order valence-electron chi connectivity index (χ0n) is 9.11. The van der Waals surface area contributed by atoms with Crippen LogP contribution in [-0.4, -0.2) is 42.7 Å². The van der Waals surface area contributed by atoms with Gasteiger partial charge in [0.2, 0.25) is 17.7 Å². The summed E-state index contributed by atoms with van der Waals surface area (Å²) >= 11 is 1.76. The average Bonchev–Trinajstić information content (AvgIpc) is 2.29. The minimum Gasteiger partial charge on any atom is -0.481 e. The number of hydrogen-bond donors (Lipinski definition) is 1. The maximum absolute atomic E-state index is 5.03. The average molecular weight is 229 g/mol. The molecule has 0 aromatic carbocycles. The highest BCUT2D eigenvalue weighted by Crippen LogP contribution is 2.16. The molecule has 0 saturated heterocycles.